The van der Waals surface area contributed by atoms with Crippen molar-refractivity contribution in [3.63, 3.8) is 0 Å². The molecule has 0 bridgehead atoms. The van der Waals surface area contributed by atoms with Gasteiger partial charge in [0, 0.05) is 13.6 Å². The number of hydrogen-bond donors (Lipinski definition) is 0. The summed E-state index contributed by atoms with van der Waals surface area (Å²) in [6.07, 6.45) is 12.3. The van der Waals surface area contributed by atoms with Gasteiger partial charge in [-0.25, -0.2) is 0 Å². The molecule has 0 saturated heterocycles. The third-order valence-corrected chi connectivity index (χ3v) is 3.18. The van der Waals surface area contributed by atoms with E-state index in [0.717, 1.165) is 30.2 Å². The van der Waals surface area contributed by atoms with Gasteiger partial charge in [0.2, 0.25) is 6.79 Å². The molecule has 3 heteroatoms. The lowest BCUT2D eigenvalue weighted by atomic mass is 10.1. The number of ether oxygens (including phenoxy) is 2. The van der Waals surface area contributed by atoms with E-state index >= 15 is 0 Å². The summed E-state index contributed by atoms with van der Waals surface area (Å²) in [5.41, 5.74) is 2.09. The smallest absolute Gasteiger partial charge is 0.231 e. The number of nitrogens with zero attached hydrogens (tertiary/aromatic N) is 1. The fourth-order valence-corrected chi connectivity index (χ4v) is 1.99. The molecule has 0 fully saturated rings. The summed E-state index contributed by atoms with van der Waals surface area (Å²) < 4.78 is 10.7. The van der Waals surface area contributed by atoms with Crippen molar-refractivity contribution >= 4 is 0 Å². The molecule has 2 rings (SSSR count). The van der Waals surface area contributed by atoms with Crippen LogP contribution in [0.3, 0.4) is 0 Å². The number of fused-ring (bicyclic) bond motifs is 1. The van der Waals surface area contributed by atoms with Crippen molar-refractivity contribution in [3.8, 4) is 23.8 Å². The summed E-state index contributed by atoms with van der Waals surface area (Å²) in [6.45, 7) is 3.14. The monoisotopic (exact) mass is 269 g/mol. The maximum absolute atomic E-state index is 5.53. The highest BCUT2D eigenvalue weighted by atomic mass is 16.7. The molecule has 20 heavy (non-hydrogen) atoms. The molecule has 0 aliphatic carbocycles. The summed E-state index contributed by atoms with van der Waals surface area (Å²) in [7, 11) is 2.00. The van der Waals surface area contributed by atoms with Gasteiger partial charge in [-0.3, -0.25) is 0 Å². The van der Waals surface area contributed by atoms with Gasteiger partial charge in [0.15, 0.2) is 11.5 Å². The Morgan fingerprint density at radius 1 is 1.40 bits per heavy atom. The zero-order valence-electron chi connectivity index (χ0n) is 11.9. The van der Waals surface area contributed by atoms with Crippen LogP contribution in [0.25, 0.3) is 0 Å². The van der Waals surface area contributed by atoms with E-state index in [1.54, 1.807) is 0 Å². The molecule has 0 saturated carbocycles. The van der Waals surface area contributed by atoms with E-state index in [1.807, 2.05) is 44.3 Å². The predicted octanol–water partition coefficient (Wildman–Crippen LogP) is 2.98. The molecule has 0 unspecified atom stereocenters. The van der Waals surface area contributed by atoms with Gasteiger partial charge < -0.3 is 14.4 Å². The van der Waals surface area contributed by atoms with E-state index < -0.39 is 0 Å². The molecule has 1 aromatic rings. The lowest BCUT2D eigenvalue weighted by Gasteiger charge is -2.18. The molecule has 0 spiro atoms. The third kappa shape index (κ3) is 3.36. The first-order valence-electron chi connectivity index (χ1n) is 6.64. The summed E-state index contributed by atoms with van der Waals surface area (Å²) in [6, 6.07) is 6.05. The second kappa shape index (κ2) is 6.72. The van der Waals surface area contributed by atoms with Gasteiger partial charge in [-0.2, -0.15) is 0 Å². The summed E-state index contributed by atoms with van der Waals surface area (Å²) >= 11 is 0. The fraction of sp³-hybridized carbons (Fsp3) is 0.294. The van der Waals surface area contributed by atoms with Crippen LogP contribution in [0.5, 0.6) is 11.5 Å². The predicted molar refractivity (Wildman–Crippen MR) is 80.6 cm³/mol. The van der Waals surface area contributed by atoms with Crippen molar-refractivity contribution in [2.75, 3.05) is 20.4 Å². The minimum Gasteiger partial charge on any atom is -0.454 e. The molecule has 0 radical (unpaired) electrons. The van der Waals surface area contributed by atoms with E-state index in [0.29, 0.717) is 6.79 Å². The quantitative estimate of drug-likeness (QED) is 0.606. The molecule has 3 nitrogen and oxygen atoms in total. The molecule has 0 N–H and O–H groups in total. The lowest BCUT2D eigenvalue weighted by Crippen LogP contribution is -2.19. The van der Waals surface area contributed by atoms with Crippen LogP contribution >= 0.6 is 0 Å². The van der Waals surface area contributed by atoms with E-state index in [-0.39, 0.29) is 0 Å². The van der Waals surface area contributed by atoms with Crippen molar-refractivity contribution < 1.29 is 9.47 Å². The molecular formula is C17H19NO2. The molecular weight excluding hydrogens is 250 g/mol. The van der Waals surface area contributed by atoms with Gasteiger partial charge in [-0.15, -0.1) is 6.42 Å². The Morgan fingerprint density at radius 2 is 2.20 bits per heavy atom. The van der Waals surface area contributed by atoms with Crippen LogP contribution in [-0.4, -0.2) is 25.3 Å². The van der Waals surface area contributed by atoms with E-state index in [9.17, 15) is 0 Å². The molecule has 1 heterocycles. The molecule has 1 aliphatic rings. The first-order chi connectivity index (χ1) is 9.74. The van der Waals surface area contributed by atoms with Crippen LogP contribution < -0.4 is 9.47 Å². The van der Waals surface area contributed by atoms with Gasteiger partial charge in [-0.1, -0.05) is 24.1 Å². The number of rotatable bonds is 5. The topological polar surface area (TPSA) is 21.7 Å². The first-order valence-corrected chi connectivity index (χ1v) is 6.64. The second-order valence-corrected chi connectivity index (χ2v) is 4.58. The zero-order valence-corrected chi connectivity index (χ0v) is 11.9. The normalized spacial score (nSPS) is 13.6. The van der Waals surface area contributed by atoms with Crippen LogP contribution in [0.1, 0.15) is 12.5 Å². The van der Waals surface area contributed by atoms with Crippen LogP contribution in [0.15, 0.2) is 42.1 Å². The van der Waals surface area contributed by atoms with E-state index in [4.69, 9.17) is 15.9 Å². The Bertz CT molecular complexity index is 567. The molecule has 0 aromatic heterocycles. The second-order valence-electron chi connectivity index (χ2n) is 4.58. The summed E-state index contributed by atoms with van der Waals surface area (Å²) in [5, 5.41) is 0. The van der Waals surface area contributed by atoms with Crippen LogP contribution in [0.2, 0.25) is 0 Å². The van der Waals surface area contributed by atoms with Crippen molar-refractivity contribution in [2.24, 2.45) is 0 Å². The highest BCUT2D eigenvalue weighted by Gasteiger charge is 2.13. The van der Waals surface area contributed by atoms with Crippen molar-refractivity contribution in [1.29, 1.82) is 0 Å². The van der Waals surface area contributed by atoms with Gasteiger partial charge >= 0.3 is 0 Å². The van der Waals surface area contributed by atoms with Crippen LogP contribution in [-0.2, 0) is 6.42 Å². The number of benzene rings is 1. The maximum atomic E-state index is 5.53. The average molecular weight is 269 g/mol. The molecule has 1 aromatic carbocycles. The number of allylic oxidation sites excluding steroid dienone is 4. The Balaban J connectivity index is 1.96. The van der Waals surface area contributed by atoms with E-state index in [1.165, 1.54) is 5.56 Å². The molecule has 0 amide bonds. The fourth-order valence-electron chi connectivity index (χ4n) is 1.99. The summed E-state index contributed by atoms with van der Waals surface area (Å²) in [4.78, 5) is 2.07. The van der Waals surface area contributed by atoms with E-state index in [2.05, 4.69) is 16.9 Å². The number of likely N-dealkylation sites (N-methyl/N-ethyl adjacent to an activating group) is 1. The molecule has 1 aliphatic heterocycles. The van der Waals surface area contributed by atoms with Gasteiger partial charge in [0.05, 0.1) is 5.70 Å². The Labute approximate surface area is 120 Å². The standard InChI is InChI=1S/C17H19NO2/c1-4-6-7-15(5-2)18(3)11-10-14-8-9-16-17(12-14)20-13-19-16/h2,4,6-9,12H,10-11,13H2,1,3H3/b6-4-,15-7+. The van der Waals surface area contributed by atoms with Crippen LogP contribution in [0, 0.1) is 12.3 Å². The number of terminal acetylenes is 1. The van der Waals surface area contributed by atoms with Crippen LogP contribution in [0.4, 0.5) is 0 Å². The van der Waals surface area contributed by atoms with Crippen molar-refractivity contribution in [1.82, 2.24) is 4.90 Å². The minimum atomic E-state index is 0.312. The Kier molecular flexibility index (Phi) is 4.73. The zero-order chi connectivity index (χ0) is 14.4. The highest BCUT2D eigenvalue weighted by molar-refractivity contribution is 5.44. The Morgan fingerprint density at radius 3 is 2.95 bits per heavy atom. The number of hydrogen-bond acceptors (Lipinski definition) is 3. The average Bonchev–Trinajstić information content (AvgIpc) is 2.93. The minimum absolute atomic E-state index is 0.312. The molecule has 0 atom stereocenters. The molecule has 104 valence electrons. The maximum Gasteiger partial charge on any atom is 0.231 e. The van der Waals surface area contributed by atoms with Crippen molar-refractivity contribution in [2.45, 2.75) is 13.3 Å². The van der Waals surface area contributed by atoms with Crippen molar-refractivity contribution in [3.05, 3.63) is 47.7 Å². The Hall–Kier alpha value is -2.34. The summed E-state index contributed by atoms with van der Waals surface area (Å²) in [5.74, 6) is 4.35. The van der Waals surface area contributed by atoms with Gasteiger partial charge in [0.1, 0.15) is 0 Å². The van der Waals surface area contributed by atoms with Gasteiger partial charge in [-0.05, 0) is 37.1 Å². The first kappa shape index (κ1) is 14.1. The largest absolute Gasteiger partial charge is 0.454 e. The van der Waals surface area contributed by atoms with Gasteiger partial charge in [0.25, 0.3) is 0 Å². The SMILES string of the molecule is C#C/C(=C\C=C/C)N(C)CCc1ccc2c(c1)OCO2. The third-order valence-electron chi connectivity index (χ3n) is 3.18. The lowest BCUT2D eigenvalue weighted by molar-refractivity contribution is 0.174. The highest BCUT2D eigenvalue weighted by Crippen LogP contribution is 2.32.